The highest BCUT2D eigenvalue weighted by molar-refractivity contribution is 5.91. The van der Waals surface area contributed by atoms with E-state index in [1.54, 1.807) is 45.8 Å². The van der Waals surface area contributed by atoms with Gasteiger partial charge in [0.1, 0.15) is 30.5 Å². The summed E-state index contributed by atoms with van der Waals surface area (Å²) in [6.45, 7) is 15.2. The fraction of sp³-hybridized carbons (Fsp3) is 0.860. The topological polar surface area (TPSA) is 201 Å². The van der Waals surface area contributed by atoms with E-state index in [9.17, 15) is 30.0 Å². The number of rotatable bonds is 15. The molecule has 16 heteroatoms. The molecule has 0 aliphatic carbocycles. The van der Waals surface area contributed by atoms with Crippen LogP contribution in [0.1, 0.15) is 81.1 Å². The molecule has 3 heterocycles. The lowest BCUT2D eigenvalue weighted by atomic mass is 9.79. The number of aliphatic hydroxyl groups is 4. The van der Waals surface area contributed by atoms with Gasteiger partial charge in [0.25, 0.3) is 0 Å². The molecule has 16 nitrogen and oxygen atoms in total. The van der Waals surface area contributed by atoms with Gasteiger partial charge in [0.15, 0.2) is 24.7 Å². The number of methoxy groups -OCH3 is 2. The molecule has 3 aliphatic rings. The number of likely N-dealkylation sites (N-methyl/N-ethyl adjacent to an activating group) is 1. The number of carbonyl (C=O) groups is 2. The molecule has 2 saturated heterocycles. The van der Waals surface area contributed by atoms with E-state index in [2.05, 4.69) is 0 Å². The van der Waals surface area contributed by atoms with Gasteiger partial charge in [-0.1, -0.05) is 38.5 Å². The van der Waals surface area contributed by atoms with Gasteiger partial charge in [-0.15, -0.1) is 0 Å². The fourth-order valence-electron chi connectivity index (χ4n) is 8.44. The number of carbonyl (C=O) groups excluding carboxylic acids is 2. The normalized spacial score (nSPS) is 41.1. The molecule has 0 radical (unpaired) electrons. The van der Waals surface area contributed by atoms with Crippen LogP contribution in [0, 0.1) is 23.7 Å². The number of aliphatic hydroxyl groups excluding tert-OH is 4. The molecular weight excluding hydrogens is 770 g/mol. The van der Waals surface area contributed by atoms with E-state index in [4.69, 9.17) is 42.6 Å². The Morgan fingerprint density at radius 1 is 0.831 bits per heavy atom. The molecule has 3 aliphatic heterocycles. The Labute approximate surface area is 351 Å². The zero-order valence-electron chi connectivity index (χ0n) is 37.3. The first kappa shape index (κ1) is 51.5. The van der Waals surface area contributed by atoms with Gasteiger partial charge in [-0.05, 0) is 73.5 Å². The second-order valence-electron chi connectivity index (χ2n) is 16.5. The van der Waals surface area contributed by atoms with Gasteiger partial charge in [-0.3, -0.25) is 9.59 Å². The van der Waals surface area contributed by atoms with Crippen LogP contribution in [0.25, 0.3) is 0 Å². The van der Waals surface area contributed by atoms with Crippen molar-refractivity contribution in [2.45, 2.75) is 167 Å². The first-order valence-electron chi connectivity index (χ1n) is 21.3. The molecular formula is C43H75NO15. The van der Waals surface area contributed by atoms with E-state index in [1.165, 1.54) is 20.3 Å². The Bertz CT molecular complexity index is 1330. The van der Waals surface area contributed by atoms with Crippen molar-refractivity contribution >= 4 is 11.8 Å². The van der Waals surface area contributed by atoms with E-state index in [0.29, 0.717) is 19.6 Å². The van der Waals surface area contributed by atoms with Crippen molar-refractivity contribution in [3.05, 3.63) is 23.8 Å². The average molecular weight is 846 g/mol. The summed E-state index contributed by atoms with van der Waals surface area (Å²) in [5.74, 6) is -3.11. The van der Waals surface area contributed by atoms with Crippen LogP contribution >= 0.6 is 0 Å². The summed E-state index contributed by atoms with van der Waals surface area (Å²) in [4.78, 5) is 29.4. The smallest absolute Gasteiger partial charge is 0.308 e. The molecule has 342 valence electrons. The molecule has 59 heavy (non-hydrogen) atoms. The van der Waals surface area contributed by atoms with Crippen molar-refractivity contribution in [1.82, 2.24) is 4.90 Å². The van der Waals surface area contributed by atoms with Crippen LogP contribution < -0.4 is 0 Å². The van der Waals surface area contributed by atoms with Crippen molar-refractivity contribution in [3.63, 3.8) is 0 Å². The van der Waals surface area contributed by atoms with Gasteiger partial charge in [0.2, 0.25) is 0 Å². The van der Waals surface area contributed by atoms with Gasteiger partial charge in [0.05, 0.1) is 49.6 Å². The van der Waals surface area contributed by atoms with Crippen LogP contribution in [0.3, 0.4) is 0 Å². The quantitative estimate of drug-likeness (QED) is 0.138. The van der Waals surface area contributed by atoms with Crippen LogP contribution in [0.2, 0.25) is 0 Å². The second kappa shape index (κ2) is 24.7. The monoisotopic (exact) mass is 846 g/mol. The molecule has 0 aromatic carbocycles. The largest absolute Gasteiger partial charge is 0.462 e. The van der Waals surface area contributed by atoms with Crippen molar-refractivity contribution < 1.29 is 72.6 Å². The van der Waals surface area contributed by atoms with Crippen LogP contribution in [-0.4, -0.2) is 171 Å². The third-order valence-corrected chi connectivity index (χ3v) is 11.9. The number of hydrogen-bond acceptors (Lipinski definition) is 16. The predicted molar refractivity (Wildman–Crippen MR) is 217 cm³/mol. The number of esters is 1. The van der Waals surface area contributed by atoms with Gasteiger partial charge in [-0.2, -0.15) is 0 Å². The van der Waals surface area contributed by atoms with Crippen molar-refractivity contribution in [3.8, 4) is 0 Å². The molecule has 0 bridgehead atoms. The van der Waals surface area contributed by atoms with Crippen molar-refractivity contribution in [2.75, 3.05) is 48.1 Å². The highest BCUT2D eigenvalue weighted by Gasteiger charge is 2.48. The van der Waals surface area contributed by atoms with Gasteiger partial charge in [0, 0.05) is 51.6 Å². The Kier molecular flexibility index (Phi) is 21.5. The first-order valence-corrected chi connectivity index (χ1v) is 21.3. The number of nitrogens with zero attached hydrogens (tertiary/aromatic N) is 1. The van der Waals surface area contributed by atoms with Crippen LogP contribution in [0.4, 0.5) is 0 Å². The molecule has 4 N–H and O–H groups in total. The minimum absolute atomic E-state index is 0.0211. The maximum Gasteiger partial charge on any atom is 0.308 e. The Morgan fingerprint density at radius 2 is 1.44 bits per heavy atom. The van der Waals surface area contributed by atoms with E-state index < -0.39 is 116 Å². The van der Waals surface area contributed by atoms with Gasteiger partial charge < -0.3 is 68.0 Å². The van der Waals surface area contributed by atoms with Crippen LogP contribution in [-0.2, 0) is 52.2 Å². The lowest BCUT2D eigenvalue weighted by molar-refractivity contribution is -0.306. The van der Waals surface area contributed by atoms with E-state index in [0.717, 1.165) is 5.57 Å². The molecule has 2 fully saturated rings. The molecule has 1 unspecified atom stereocenters. The third-order valence-electron chi connectivity index (χ3n) is 11.9. The number of ether oxygens (including phenoxy) is 9. The van der Waals surface area contributed by atoms with Gasteiger partial charge >= 0.3 is 5.97 Å². The number of allylic oxidation sites excluding steroid dienone is 3. The average Bonchev–Trinajstić information content (AvgIpc) is 3.18. The third kappa shape index (κ3) is 14.1. The summed E-state index contributed by atoms with van der Waals surface area (Å²) >= 11 is 0. The number of hydrogen-bond donors (Lipinski definition) is 4. The molecule has 0 aromatic heterocycles. The van der Waals surface area contributed by atoms with Crippen LogP contribution in [0.5, 0.6) is 0 Å². The molecule has 0 spiro atoms. The Balaban J connectivity index is 2.05. The molecule has 0 saturated carbocycles. The minimum Gasteiger partial charge on any atom is -0.462 e. The summed E-state index contributed by atoms with van der Waals surface area (Å²) in [6, 6.07) is -0.727. The lowest BCUT2D eigenvalue weighted by Gasteiger charge is -2.47. The van der Waals surface area contributed by atoms with E-state index >= 15 is 0 Å². The highest BCUT2D eigenvalue weighted by Crippen LogP contribution is 2.36. The molecule has 0 aromatic rings. The lowest BCUT2D eigenvalue weighted by Crippen LogP contribution is -2.63. The number of cyclic esters (lactones) is 1. The molecule has 3 rings (SSSR count). The predicted octanol–water partition coefficient (Wildman–Crippen LogP) is 2.76. The summed E-state index contributed by atoms with van der Waals surface area (Å²) in [7, 11) is 6.44. The van der Waals surface area contributed by atoms with E-state index in [-0.39, 0.29) is 31.7 Å². The molecule has 17 atom stereocenters. The van der Waals surface area contributed by atoms with Gasteiger partial charge in [-0.25, -0.2) is 0 Å². The maximum absolute atomic E-state index is 13.9. The standard InChI is InChI=1S/C43H75NO15/c1-13-32-29(22-55-43-41(52-12)40(51-11)37(49)27(8)57-43)18-23(4)16-17-30(45)24(5)19-28(20-34(53-14-2)54-15-3)39(25(6)31(46)21-33(47)58-32)59-42-38(50)35(44(9)10)36(48)26(7)56-42/h16-18,24-29,31-32,34-43,46,48-50H,13-15,19-22H2,1-12H3/b17-16+,23-18+/t24-,25+,26-,27-,28-,29-,31-,32-,35-,36-,37-,38-,39-,40-,41-,42+,43?/m1/s1. The SMILES string of the molecule is CCOC(C[C@H]1C[C@@H](C)C(=O)/C=C/C(C)=C/[C@H](COC2O[C@H](C)[C@@H](O)[C@@H](OC)[C@H]2OC)[C@@H](CC)OC(=O)C[C@@H](O)[C@H](C)[C@H]1O[C@@H]1O[C@H](C)[C@@H](O)[C@@H](N(C)C)[C@H]1O)OCC. The zero-order valence-corrected chi connectivity index (χ0v) is 37.3. The minimum atomic E-state index is -1.29. The second-order valence-corrected chi connectivity index (χ2v) is 16.5. The number of ketones is 1. The zero-order chi connectivity index (χ0) is 44.1. The van der Waals surface area contributed by atoms with E-state index in [1.807, 2.05) is 40.7 Å². The Morgan fingerprint density at radius 3 is 2.02 bits per heavy atom. The maximum atomic E-state index is 13.9. The Hall–Kier alpha value is -1.90. The highest BCUT2D eigenvalue weighted by atomic mass is 16.7. The first-order chi connectivity index (χ1) is 27.9. The molecule has 0 amide bonds. The van der Waals surface area contributed by atoms with Crippen molar-refractivity contribution in [1.29, 1.82) is 0 Å². The fourth-order valence-corrected chi connectivity index (χ4v) is 8.44. The van der Waals surface area contributed by atoms with Crippen LogP contribution in [0.15, 0.2) is 23.8 Å². The summed E-state index contributed by atoms with van der Waals surface area (Å²) in [5.41, 5.74) is 0.724. The summed E-state index contributed by atoms with van der Waals surface area (Å²) in [6.07, 6.45) is -6.05. The summed E-state index contributed by atoms with van der Waals surface area (Å²) < 4.78 is 54.2. The summed E-state index contributed by atoms with van der Waals surface area (Å²) in [5, 5.41) is 45.0. The van der Waals surface area contributed by atoms with Crippen molar-refractivity contribution in [2.24, 2.45) is 23.7 Å².